The molecule has 0 saturated heterocycles. The van der Waals surface area contributed by atoms with Crippen molar-refractivity contribution in [2.45, 2.75) is 66.0 Å². The van der Waals surface area contributed by atoms with Crippen molar-refractivity contribution in [3.63, 3.8) is 0 Å². The van der Waals surface area contributed by atoms with Gasteiger partial charge < -0.3 is 10.1 Å². The maximum Gasteiger partial charge on any atom is 0.125 e. The van der Waals surface area contributed by atoms with Gasteiger partial charge in [0.1, 0.15) is 5.75 Å². The van der Waals surface area contributed by atoms with Gasteiger partial charge in [-0.1, -0.05) is 26.0 Å². The normalized spacial score (nSPS) is 22.8. The first-order chi connectivity index (χ1) is 9.60. The Morgan fingerprint density at radius 2 is 1.70 bits per heavy atom. The van der Waals surface area contributed by atoms with Crippen molar-refractivity contribution in [1.82, 2.24) is 5.32 Å². The fraction of sp³-hybridized carbons (Fsp3) is 0.667. The summed E-state index contributed by atoms with van der Waals surface area (Å²) in [5, 5.41) is 3.38. The average molecular weight is 275 g/mol. The lowest BCUT2D eigenvalue weighted by Crippen LogP contribution is -2.23. The second kappa shape index (κ2) is 7.12. The molecule has 1 aromatic carbocycles. The monoisotopic (exact) mass is 275 g/mol. The minimum absolute atomic E-state index is 0.420. The maximum absolute atomic E-state index is 6.30. The molecule has 20 heavy (non-hydrogen) atoms. The number of nitrogens with one attached hydrogen (secondary N) is 1. The van der Waals surface area contributed by atoms with E-state index in [4.69, 9.17) is 4.74 Å². The van der Waals surface area contributed by atoms with Crippen molar-refractivity contribution in [2.24, 2.45) is 5.92 Å². The molecule has 0 atom stereocenters. The van der Waals surface area contributed by atoms with E-state index in [1.54, 1.807) is 0 Å². The van der Waals surface area contributed by atoms with E-state index in [1.165, 1.54) is 42.4 Å². The van der Waals surface area contributed by atoms with Crippen LogP contribution < -0.4 is 10.1 Å². The quantitative estimate of drug-likeness (QED) is 0.861. The van der Waals surface area contributed by atoms with E-state index < -0.39 is 0 Å². The highest BCUT2D eigenvalue weighted by molar-refractivity contribution is 5.43. The highest BCUT2D eigenvalue weighted by Gasteiger charge is 2.20. The smallest absolute Gasteiger partial charge is 0.125 e. The van der Waals surface area contributed by atoms with Crippen molar-refractivity contribution >= 4 is 0 Å². The lowest BCUT2D eigenvalue weighted by Gasteiger charge is -2.28. The Morgan fingerprint density at radius 3 is 2.25 bits per heavy atom. The second-order valence-corrected chi connectivity index (χ2v) is 6.34. The molecule has 0 bridgehead atoms. The molecule has 2 heteroatoms. The molecule has 0 aromatic heterocycles. The number of ether oxygens (including phenoxy) is 1. The molecule has 0 heterocycles. The standard InChI is InChI=1S/C18H29NO/c1-5-19-12-16-10-14(3)18(15(4)11-16)20-17-8-6-13(2)7-9-17/h10-11,13,17,19H,5-9,12H2,1-4H3. The molecule has 0 unspecified atom stereocenters. The van der Waals surface area contributed by atoms with E-state index in [-0.39, 0.29) is 0 Å². The third-order valence-electron chi connectivity index (χ3n) is 4.35. The van der Waals surface area contributed by atoms with Gasteiger partial charge in [-0.05, 0) is 68.7 Å². The van der Waals surface area contributed by atoms with Crippen LogP contribution in [0.4, 0.5) is 0 Å². The summed E-state index contributed by atoms with van der Waals surface area (Å²) in [7, 11) is 0. The predicted octanol–water partition coefficient (Wildman–Crippen LogP) is 4.37. The van der Waals surface area contributed by atoms with Crippen LogP contribution in [0.2, 0.25) is 0 Å². The Kier molecular flexibility index (Phi) is 5.47. The summed E-state index contributed by atoms with van der Waals surface area (Å²) in [6.45, 7) is 10.8. The zero-order valence-electron chi connectivity index (χ0n) is 13.5. The zero-order chi connectivity index (χ0) is 14.5. The Hall–Kier alpha value is -1.02. The van der Waals surface area contributed by atoms with Crippen molar-refractivity contribution < 1.29 is 4.74 Å². The number of rotatable bonds is 5. The minimum atomic E-state index is 0.420. The molecule has 0 aliphatic heterocycles. The Labute approximate surface area is 123 Å². The van der Waals surface area contributed by atoms with E-state index in [0.717, 1.165) is 24.8 Å². The van der Waals surface area contributed by atoms with Gasteiger partial charge >= 0.3 is 0 Å². The van der Waals surface area contributed by atoms with Gasteiger partial charge in [-0.2, -0.15) is 0 Å². The Morgan fingerprint density at radius 1 is 1.10 bits per heavy atom. The van der Waals surface area contributed by atoms with E-state index >= 15 is 0 Å². The van der Waals surface area contributed by atoms with Crippen LogP contribution in [0.15, 0.2) is 12.1 Å². The molecular formula is C18H29NO. The summed E-state index contributed by atoms with van der Waals surface area (Å²) in [5.74, 6) is 1.99. The van der Waals surface area contributed by atoms with Gasteiger partial charge in [0.15, 0.2) is 0 Å². The van der Waals surface area contributed by atoms with E-state index in [0.29, 0.717) is 6.10 Å². The fourth-order valence-corrected chi connectivity index (χ4v) is 3.11. The maximum atomic E-state index is 6.30. The third kappa shape index (κ3) is 3.99. The Bertz CT molecular complexity index is 410. The number of aryl methyl sites for hydroxylation is 2. The molecular weight excluding hydrogens is 246 g/mol. The number of benzene rings is 1. The van der Waals surface area contributed by atoms with Crippen LogP contribution >= 0.6 is 0 Å². The van der Waals surface area contributed by atoms with Crippen molar-refractivity contribution in [3.8, 4) is 5.75 Å². The van der Waals surface area contributed by atoms with Gasteiger partial charge in [-0.25, -0.2) is 0 Å². The second-order valence-electron chi connectivity index (χ2n) is 6.34. The van der Waals surface area contributed by atoms with Gasteiger partial charge in [0.05, 0.1) is 6.10 Å². The van der Waals surface area contributed by atoms with Gasteiger partial charge in [0.25, 0.3) is 0 Å². The molecule has 2 rings (SSSR count). The molecule has 0 amide bonds. The molecule has 1 aliphatic rings. The summed E-state index contributed by atoms with van der Waals surface area (Å²) >= 11 is 0. The van der Waals surface area contributed by atoms with Crippen LogP contribution in [0, 0.1) is 19.8 Å². The van der Waals surface area contributed by atoms with Crippen LogP contribution in [0.25, 0.3) is 0 Å². The predicted molar refractivity (Wildman–Crippen MR) is 85.3 cm³/mol. The van der Waals surface area contributed by atoms with Crippen LogP contribution in [0.3, 0.4) is 0 Å². The number of hydrogen-bond acceptors (Lipinski definition) is 2. The SMILES string of the molecule is CCNCc1cc(C)c(OC2CCC(C)CC2)c(C)c1. The molecule has 112 valence electrons. The zero-order valence-corrected chi connectivity index (χ0v) is 13.5. The fourth-order valence-electron chi connectivity index (χ4n) is 3.11. The van der Waals surface area contributed by atoms with Gasteiger partial charge in [-0.3, -0.25) is 0 Å². The molecule has 0 spiro atoms. The first-order valence-corrected chi connectivity index (χ1v) is 8.07. The summed E-state index contributed by atoms with van der Waals surface area (Å²) in [4.78, 5) is 0. The molecule has 1 aromatic rings. The van der Waals surface area contributed by atoms with Gasteiger partial charge in [-0.15, -0.1) is 0 Å². The van der Waals surface area contributed by atoms with Crippen LogP contribution in [-0.2, 0) is 6.54 Å². The summed E-state index contributed by atoms with van der Waals surface area (Å²) in [6.07, 6.45) is 5.45. The van der Waals surface area contributed by atoms with E-state index in [2.05, 4.69) is 45.1 Å². The molecule has 2 nitrogen and oxygen atoms in total. The summed E-state index contributed by atoms with van der Waals surface area (Å²) < 4.78 is 6.30. The highest BCUT2D eigenvalue weighted by Crippen LogP contribution is 2.31. The van der Waals surface area contributed by atoms with Gasteiger partial charge in [0.2, 0.25) is 0 Å². The van der Waals surface area contributed by atoms with Gasteiger partial charge in [0, 0.05) is 6.54 Å². The third-order valence-corrected chi connectivity index (χ3v) is 4.35. The molecule has 1 saturated carbocycles. The van der Waals surface area contributed by atoms with E-state index in [1.807, 2.05) is 0 Å². The lowest BCUT2D eigenvalue weighted by atomic mass is 9.89. The number of hydrogen-bond donors (Lipinski definition) is 1. The van der Waals surface area contributed by atoms with Crippen molar-refractivity contribution in [1.29, 1.82) is 0 Å². The molecule has 1 aliphatic carbocycles. The van der Waals surface area contributed by atoms with Crippen LogP contribution in [0.1, 0.15) is 56.2 Å². The lowest BCUT2D eigenvalue weighted by molar-refractivity contribution is 0.134. The molecule has 1 N–H and O–H groups in total. The average Bonchev–Trinajstić information content (AvgIpc) is 2.42. The Balaban J connectivity index is 2.04. The van der Waals surface area contributed by atoms with E-state index in [9.17, 15) is 0 Å². The topological polar surface area (TPSA) is 21.3 Å². The van der Waals surface area contributed by atoms with Crippen LogP contribution in [0.5, 0.6) is 5.75 Å². The summed E-state index contributed by atoms with van der Waals surface area (Å²) in [5.41, 5.74) is 3.90. The van der Waals surface area contributed by atoms with Crippen molar-refractivity contribution in [2.75, 3.05) is 6.54 Å². The minimum Gasteiger partial charge on any atom is -0.490 e. The molecule has 1 fully saturated rings. The largest absolute Gasteiger partial charge is 0.490 e. The summed E-state index contributed by atoms with van der Waals surface area (Å²) in [6, 6.07) is 4.52. The first kappa shape index (κ1) is 15.4. The van der Waals surface area contributed by atoms with Crippen molar-refractivity contribution in [3.05, 3.63) is 28.8 Å². The highest BCUT2D eigenvalue weighted by atomic mass is 16.5. The first-order valence-electron chi connectivity index (χ1n) is 8.07. The molecule has 0 radical (unpaired) electrons. The van der Waals surface area contributed by atoms with Crippen LogP contribution in [-0.4, -0.2) is 12.6 Å².